The normalized spacial score (nSPS) is 12.1. The number of ether oxygens (including phenoxy) is 1. The van der Waals surface area contributed by atoms with Crippen molar-refractivity contribution in [1.29, 1.82) is 0 Å². The van der Waals surface area contributed by atoms with E-state index in [0.29, 0.717) is 17.0 Å². The van der Waals surface area contributed by atoms with E-state index in [0.717, 1.165) is 31.2 Å². The summed E-state index contributed by atoms with van der Waals surface area (Å²) in [6.45, 7) is 2.06. The van der Waals surface area contributed by atoms with E-state index in [-0.39, 0.29) is 18.4 Å². The molecule has 2 heterocycles. The molecular formula is C23H17N3O3S2. The van der Waals surface area contributed by atoms with Gasteiger partial charge in [-0.05, 0) is 36.6 Å². The summed E-state index contributed by atoms with van der Waals surface area (Å²) in [6.07, 6.45) is 0. The SMILES string of the molecule is CCOC(=O)Cn1c(=NC(=O)c2ccc3ncsc3c2)sc2c3ccccc3ccc21. The summed E-state index contributed by atoms with van der Waals surface area (Å²) in [5.41, 5.74) is 3.94. The van der Waals surface area contributed by atoms with Crippen LogP contribution < -0.4 is 4.80 Å². The van der Waals surface area contributed by atoms with Crippen molar-refractivity contribution in [1.82, 2.24) is 9.55 Å². The van der Waals surface area contributed by atoms with Gasteiger partial charge < -0.3 is 9.30 Å². The van der Waals surface area contributed by atoms with Gasteiger partial charge in [0.2, 0.25) is 0 Å². The standard InChI is InChI=1S/C23H17N3O3S2/c1-2-29-20(27)12-26-18-10-8-14-5-3-4-6-16(14)21(18)31-23(26)25-22(28)15-7-9-17-19(11-15)30-13-24-17/h3-11,13H,2,12H2,1H3. The fourth-order valence-corrected chi connectivity index (χ4v) is 5.39. The zero-order valence-electron chi connectivity index (χ0n) is 16.6. The molecule has 5 aromatic rings. The van der Waals surface area contributed by atoms with Gasteiger partial charge in [-0.2, -0.15) is 4.99 Å². The van der Waals surface area contributed by atoms with E-state index < -0.39 is 0 Å². The molecule has 0 spiro atoms. The summed E-state index contributed by atoms with van der Waals surface area (Å²) in [6, 6.07) is 17.4. The molecule has 0 saturated carbocycles. The maximum atomic E-state index is 13.0. The van der Waals surface area contributed by atoms with Crippen LogP contribution in [0.3, 0.4) is 0 Å². The third-order valence-corrected chi connectivity index (χ3v) is 6.86. The van der Waals surface area contributed by atoms with Crippen molar-refractivity contribution in [2.45, 2.75) is 13.5 Å². The number of nitrogens with zero attached hydrogens (tertiary/aromatic N) is 3. The molecule has 31 heavy (non-hydrogen) atoms. The molecule has 0 unspecified atom stereocenters. The molecule has 0 fully saturated rings. The molecule has 6 nitrogen and oxygen atoms in total. The maximum Gasteiger partial charge on any atom is 0.326 e. The Hall–Kier alpha value is -3.36. The van der Waals surface area contributed by atoms with Gasteiger partial charge in [0.25, 0.3) is 5.91 Å². The molecule has 1 amide bonds. The smallest absolute Gasteiger partial charge is 0.326 e. The quantitative estimate of drug-likeness (QED) is 0.372. The van der Waals surface area contributed by atoms with E-state index in [4.69, 9.17) is 4.74 Å². The Morgan fingerprint density at radius 1 is 1.13 bits per heavy atom. The van der Waals surface area contributed by atoms with Crippen molar-refractivity contribution >= 4 is 65.8 Å². The molecule has 0 aliphatic heterocycles. The predicted molar refractivity (Wildman–Crippen MR) is 123 cm³/mol. The lowest BCUT2D eigenvalue weighted by atomic mass is 10.1. The van der Waals surface area contributed by atoms with Gasteiger partial charge in [0.15, 0.2) is 4.80 Å². The van der Waals surface area contributed by atoms with Gasteiger partial charge in [0.05, 0.1) is 32.6 Å². The Labute approximate surface area is 185 Å². The van der Waals surface area contributed by atoms with Crippen molar-refractivity contribution < 1.29 is 14.3 Å². The van der Waals surface area contributed by atoms with Gasteiger partial charge in [0.1, 0.15) is 6.54 Å². The minimum absolute atomic E-state index is 0.00776. The summed E-state index contributed by atoms with van der Waals surface area (Å²) in [5.74, 6) is -0.723. The first-order valence-electron chi connectivity index (χ1n) is 9.73. The van der Waals surface area contributed by atoms with Crippen LogP contribution in [0.4, 0.5) is 0 Å². The van der Waals surface area contributed by atoms with Gasteiger partial charge in [-0.25, -0.2) is 4.98 Å². The number of carbonyl (C=O) groups is 2. The molecule has 0 atom stereocenters. The lowest BCUT2D eigenvalue weighted by Crippen LogP contribution is -2.23. The summed E-state index contributed by atoms with van der Waals surface area (Å²) in [7, 11) is 0. The van der Waals surface area contributed by atoms with E-state index >= 15 is 0 Å². The van der Waals surface area contributed by atoms with Crippen molar-refractivity contribution in [3.8, 4) is 0 Å². The number of hydrogen-bond donors (Lipinski definition) is 0. The first-order valence-corrected chi connectivity index (χ1v) is 11.4. The lowest BCUT2D eigenvalue weighted by molar-refractivity contribution is -0.143. The maximum absolute atomic E-state index is 13.0. The number of hydrogen-bond acceptors (Lipinski definition) is 6. The van der Waals surface area contributed by atoms with Crippen LogP contribution in [0.15, 0.2) is 65.1 Å². The Morgan fingerprint density at radius 2 is 2.00 bits per heavy atom. The van der Waals surface area contributed by atoms with Crippen LogP contribution in [0, 0.1) is 0 Å². The highest BCUT2D eigenvalue weighted by atomic mass is 32.1. The Bertz CT molecular complexity index is 1530. The molecular weight excluding hydrogens is 430 g/mol. The third-order valence-electron chi connectivity index (χ3n) is 4.94. The average molecular weight is 448 g/mol. The summed E-state index contributed by atoms with van der Waals surface area (Å²) in [5, 5.41) is 2.15. The minimum atomic E-state index is -0.365. The monoisotopic (exact) mass is 447 g/mol. The minimum Gasteiger partial charge on any atom is -0.465 e. The van der Waals surface area contributed by atoms with Crippen LogP contribution in [-0.4, -0.2) is 28.0 Å². The first kappa shape index (κ1) is 19.6. The Balaban J connectivity index is 1.68. The highest BCUT2D eigenvalue weighted by Gasteiger charge is 2.15. The van der Waals surface area contributed by atoms with Crippen molar-refractivity contribution in [3.05, 3.63) is 70.5 Å². The molecule has 154 valence electrons. The molecule has 0 aliphatic rings. The molecule has 8 heteroatoms. The number of fused-ring (bicyclic) bond motifs is 4. The molecule has 0 N–H and O–H groups in total. The zero-order valence-corrected chi connectivity index (χ0v) is 18.2. The fourth-order valence-electron chi connectivity index (χ4n) is 3.51. The third kappa shape index (κ3) is 3.64. The number of amides is 1. The second-order valence-corrected chi connectivity index (χ2v) is 8.73. The Morgan fingerprint density at radius 3 is 2.87 bits per heavy atom. The number of benzene rings is 3. The summed E-state index contributed by atoms with van der Waals surface area (Å²) < 4.78 is 8.82. The van der Waals surface area contributed by atoms with Gasteiger partial charge in [-0.3, -0.25) is 9.59 Å². The zero-order chi connectivity index (χ0) is 21.4. The number of aromatic nitrogens is 2. The first-order chi connectivity index (χ1) is 15.1. The number of rotatable bonds is 4. The summed E-state index contributed by atoms with van der Waals surface area (Å²) in [4.78, 5) is 34.4. The van der Waals surface area contributed by atoms with Crippen molar-refractivity contribution in [2.75, 3.05) is 6.61 Å². The van der Waals surface area contributed by atoms with Gasteiger partial charge in [0, 0.05) is 10.9 Å². The van der Waals surface area contributed by atoms with E-state index in [9.17, 15) is 9.59 Å². The largest absolute Gasteiger partial charge is 0.465 e. The molecule has 2 aromatic heterocycles. The van der Waals surface area contributed by atoms with Gasteiger partial charge in [-0.1, -0.05) is 41.7 Å². The fraction of sp³-hybridized carbons (Fsp3) is 0.130. The average Bonchev–Trinajstić information content (AvgIpc) is 3.38. The van der Waals surface area contributed by atoms with Crippen molar-refractivity contribution in [3.63, 3.8) is 0 Å². The van der Waals surface area contributed by atoms with Crippen LogP contribution in [0.2, 0.25) is 0 Å². The number of thiazole rings is 2. The Kier molecular flexibility index (Phi) is 5.09. The van der Waals surface area contributed by atoms with Crippen molar-refractivity contribution in [2.24, 2.45) is 4.99 Å². The van der Waals surface area contributed by atoms with Crippen LogP contribution in [-0.2, 0) is 16.1 Å². The molecule has 3 aromatic carbocycles. The highest BCUT2D eigenvalue weighted by Crippen LogP contribution is 2.28. The van der Waals surface area contributed by atoms with Crippen LogP contribution in [0.25, 0.3) is 31.2 Å². The van der Waals surface area contributed by atoms with Crippen LogP contribution >= 0.6 is 22.7 Å². The molecule has 0 bridgehead atoms. The molecule has 5 rings (SSSR count). The number of carbonyl (C=O) groups excluding carboxylic acids is 2. The van der Waals surface area contributed by atoms with Crippen LogP contribution in [0.5, 0.6) is 0 Å². The van der Waals surface area contributed by atoms with E-state index in [2.05, 4.69) is 9.98 Å². The van der Waals surface area contributed by atoms with E-state index in [1.165, 1.54) is 22.7 Å². The van der Waals surface area contributed by atoms with E-state index in [1.807, 2.05) is 42.5 Å². The lowest BCUT2D eigenvalue weighted by Gasteiger charge is -2.06. The molecule has 0 aliphatic carbocycles. The predicted octanol–water partition coefficient (Wildman–Crippen LogP) is 4.77. The van der Waals surface area contributed by atoms with Gasteiger partial charge in [-0.15, -0.1) is 11.3 Å². The summed E-state index contributed by atoms with van der Waals surface area (Å²) >= 11 is 2.88. The molecule has 0 radical (unpaired) electrons. The van der Waals surface area contributed by atoms with E-state index in [1.54, 1.807) is 29.1 Å². The van der Waals surface area contributed by atoms with Gasteiger partial charge >= 0.3 is 5.97 Å². The van der Waals surface area contributed by atoms with Crippen LogP contribution in [0.1, 0.15) is 17.3 Å². The number of esters is 1. The highest BCUT2D eigenvalue weighted by molar-refractivity contribution is 7.17. The molecule has 0 saturated heterocycles. The topological polar surface area (TPSA) is 73.6 Å². The second-order valence-electron chi connectivity index (χ2n) is 6.86. The second kappa shape index (κ2) is 8.05.